The Hall–Kier alpha value is -2.24. The number of carbonyl (C=O) groups is 1. The van der Waals surface area contributed by atoms with Crippen LogP contribution in [0.15, 0.2) is 41.5 Å². The summed E-state index contributed by atoms with van der Waals surface area (Å²) in [5.41, 5.74) is 2.91. The summed E-state index contributed by atoms with van der Waals surface area (Å²) in [7, 11) is 0. The van der Waals surface area contributed by atoms with E-state index in [1.54, 1.807) is 18.2 Å². The maximum atomic E-state index is 11.8. The van der Waals surface area contributed by atoms with Crippen molar-refractivity contribution in [3.05, 3.63) is 57.6 Å². The van der Waals surface area contributed by atoms with E-state index in [0.717, 1.165) is 6.07 Å². The van der Waals surface area contributed by atoms with Gasteiger partial charge >= 0.3 is 0 Å². The van der Waals surface area contributed by atoms with Crippen LogP contribution >= 0.6 is 23.2 Å². The van der Waals surface area contributed by atoms with Gasteiger partial charge in [0.25, 0.3) is 5.91 Å². The fourth-order valence-electron chi connectivity index (χ4n) is 1.53. The summed E-state index contributed by atoms with van der Waals surface area (Å²) in [4.78, 5) is 11.8. The smallest absolute Gasteiger partial charge is 0.275 e. The minimum Gasteiger partial charge on any atom is -0.508 e. The van der Waals surface area contributed by atoms with E-state index in [2.05, 4.69) is 10.5 Å². The molecule has 3 N–H and O–H groups in total. The number of hydrazone groups is 1. The van der Waals surface area contributed by atoms with Crippen LogP contribution in [0, 0.1) is 0 Å². The molecule has 0 fully saturated rings. The first-order valence-electron chi connectivity index (χ1n) is 5.78. The van der Waals surface area contributed by atoms with Crippen molar-refractivity contribution < 1.29 is 15.0 Å². The lowest BCUT2D eigenvalue weighted by atomic mass is 10.2. The summed E-state index contributed by atoms with van der Waals surface area (Å²) >= 11 is 11.6. The van der Waals surface area contributed by atoms with Crippen LogP contribution in [0.3, 0.4) is 0 Å². The third-order valence-electron chi connectivity index (χ3n) is 2.55. The van der Waals surface area contributed by atoms with Crippen LogP contribution in [0.1, 0.15) is 15.9 Å². The molecule has 0 radical (unpaired) electrons. The first-order valence-corrected chi connectivity index (χ1v) is 6.53. The molecule has 0 aliphatic heterocycles. The summed E-state index contributed by atoms with van der Waals surface area (Å²) in [6.07, 6.45) is 1.39. The number of rotatable bonds is 3. The number of hydrogen-bond acceptors (Lipinski definition) is 4. The number of halogens is 2. The van der Waals surface area contributed by atoms with Crippen LogP contribution in [-0.4, -0.2) is 22.3 Å². The second kappa shape index (κ2) is 6.47. The van der Waals surface area contributed by atoms with Crippen LogP contribution in [0.2, 0.25) is 10.0 Å². The fourth-order valence-corrected chi connectivity index (χ4v) is 1.84. The molecule has 0 atom stereocenters. The molecule has 0 spiro atoms. The van der Waals surface area contributed by atoms with Crippen molar-refractivity contribution in [2.45, 2.75) is 0 Å². The number of nitrogens with zero attached hydrogens (tertiary/aromatic N) is 1. The number of benzene rings is 2. The Labute approximate surface area is 130 Å². The van der Waals surface area contributed by atoms with Crippen molar-refractivity contribution in [2.75, 3.05) is 0 Å². The zero-order valence-electron chi connectivity index (χ0n) is 10.5. The maximum Gasteiger partial charge on any atom is 0.275 e. The third-order valence-corrected chi connectivity index (χ3v) is 3.29. The van der Waals surface area contributed by atoms with Gasteiger partial charge in [-0.2, -0.15) is 5.10 Å². The second-order valence-corrected chi connectivity index (χ2v) is 4.89. The van der Waals surface area contributed by atoms with Gasteiger partial charge in [-0.25, -0.2) is 5.43 Å². The third kappa shape index (κ3) is 3.87. The van der Waals surface area contributed by atoms with E-state index < -0.39 is 5.91 Å². The van der Waals surface area contributed by atoms with Crippen LogP contribution < -0.4 is 5.43 Å². The molecule has 21 heavy (non-hydrogen) atoms. The van der Waals surface area contributed by atoms with E-state index in [1.807, 2.05) is 0 Å². The molecule has 1 amide bonds. The van der Waals surface area contributed by atoms with E-state index in [-0.39, 0.29) is 17.1 Å². The first kappa shape index (κ1) is 15.2. The second-order valence-electron chi connectivity index (χ2n) is 4.07. The van der Waals surface area contributed by atoms with Gasteiger partial charge in [0.05, 0.1) is 21.8 Å². The Morgan fingerprint density at radius 1 is 1.10 bits per heavy atom. The zero-order valence-corrected chi connectivity index (χ0v) is 12.1. The highest BCUT2D eigenvalue weighted by Gasteiger charge is 2.10. The summed E-state index contributed by atoms with van der Waals surface area (Å²) in [6, 6.07) is 8.53. The molecule has 0 aliphatic rings. The normalized spacial score (nSPS) is 10.8. The van der Waals surface area contributed by atoms with Gasteiger partial charge in [0.1, 0.15) is 11.5 Å². The molecule has 0 heterocycles. The lowest BCUT2D eigenvalue weighted by molar-refractivity contribution is 0.0952. The molecule has 0 bridgehead atoms. The van der Waals surface area contributed by atoms with Gasteiger partial charge in [-0.15, -0.1) is 0 Å². The van der Waals surface area contributed by atoms with Gasteiger partial charge in [0.2, 0.25) is 0 Å². The quantitative estimate of drug-likeness (QED) is 0.599. The van der Waals surface area contributed by atoms with E-state index in [0.29, 0.717) is 15.6 Å². The van der Waals surface area contributed by atoms with Gasteiger partial charge in [-0.3, -0.25) is 4.79 Å². The summed E-state index contributed by atoms with van der Waals surface area (Å²) in [5, 5.41) is 23.2. The topological polar surface area (TPSA) is 81.9 Å². The van der Waals surface area contributed by atoms with Crippen LogP contribution in [0.25, 0.3) is 0 Å². The number of carbonyl (C=O) groups excluding carboxylic acids is 1. The Balaban J connectivity index is 2.06. The molecular formula is C14H10Cl2N2O3. The van der Waals surface area contributed by atoms with Crippen LogP contribution in [0.5, 0.6) is 11.5 Å². The van der Waals surface area contributed by atoms with Crippen molar-refractivity contribution in [1.29, 1.82) is 0 Å². The Morgan fingerprint density at radius 2 is 1.86 bits per heavy atom. The Morgan fingerprint density at radius 3 is 2.52 bits per heavy atom. The van der Waals surface area contributed by atoms with E-state index in [1.165, 1.54) is 18.3 Å². The average molecular weight is 325 g/mol. The first-order chi connectivity index (χ1) is 9.97. The SMILES string of the molecule is O=C(N/N=C\c1ccc(Cl)c(Cl)c1)c1ccc(O)cc1O. The molecule has 5 nitrogen and oxygen atoms in total. The molecule has 0 saturated carbocycles. The predicted octanol–water partition coefficient (Wildman–Crippen LogP) is 3.17. The number of nitrogens with one attached hydrogen (secondary N) is 1. The predicted molar refractivity (Wildman–Crippen MR) is 81.3 cm³/mol. The van der Waals surface area contributed by atoms with Gasteiger partial charge in [-0.05, 0) is 29.8 Å². The Kier molecular flexibility index (Phi) is 4.67. The standard InChI is InChI=1S/C14H10Cl2N2O3/c15-11-4-1-8(5-12(11)16)7-17-18-14(21)10-3-2-9(19)6-13(10)20/h1-7,19-20H,(H,18,21)/b17-7-. The number of phenols is 2. The highest BCUT2D eigenvalue weighted by atomic mass is 35.5. The number of hydrogen-bond donors (Lipinski definition) is 3. The summed E-state index contributed by atoms with van der Waals surface area (Å²) in [5.74, 6) is -1.08. The largest absolute Gasteiger partial charge is 0.508 e. The summed E-state index contributed by atoms with van der Waals surface area (Å²) in [6.45, 7) is 0. The monoisotopic (exact) mass is 324 g/mol. The van der Waals surface area contributed by atoms with Gasteiger partial charge in [-0.1, -0.05) is 29.3 Å². The molecule has 0 aromatic heterocycles. The van der Waals surface area contributed by atoms with Crippen molar-refractivity contribution in [3.8, 4) is 11.5 Å². The molecule has 7 heteroatoms. The molecule has 0 saturated heterocycles. The highest BCUT2D eigenvalue weighted by Crippen LogP contribution is 2.23. The maximum absolute atomic E-state index is 11.8. The highest BCUT2D eigenvalue weighted by molar-refractivity contribution is 6.42. The van der Waals surface area contributed by atoms with Gasteiger partial charge in [0.15, 0.2) is 0 Å². The lowest BCUT2D eigenvalue weighted by Crippen LogP contribution is -2.17. The van der Waals surface area contributed by atoms with Gasteiger partial charge in [0, 0.05) is 6.07 Å². The molecular weight excluding hydrogens is 315 g/mol. The fraction of sp³-hybridized carbons (Fsp3) is 0. The molecule has 108 valence electrons. The van der Waals surface area contributed by atoms with E-state index in [9.17, 15) is 9.90 Å². The number of aromatic hydroxyl groups is 2. The van der Waals surface area contributed by atoms with Crippen molar-refractivity contribution in [1.82, 2.24) is 5.43 Å². The van der Waals surface area contributed by atoms with Crippen LogP contribution in [-0.2, 0) is 0 Å². The van der Waals surface area contributed by atoms with Crippen LogP contribution in [0.4, 0.5) is 0 Å². The average Bonchev–Trinajstić information content (AvgIpc) is 2.42. The minimum absolute atomic E-state index is 0.000844. The molecule has 2 rings (SSSR count). The molecule has 2 aromatic carbocycles. The number of amides is 1. The lowest BCUT2D eigenvalue weighted by Gasteiger charge is -2.03. The minimum atomic E-state index is -0.608. The van der Waals surface area contributed by atoms with E-state index in [4.69, 9.17) is 28.3 Å². The Bertz CT molecular complexity index is 717. The van der Waals surface area contributed by atoms with Crippen molar-refractivity contribution in [2.24, 2.45) is 5.10 Å². The molecule has 2 aromatic rings. The molecule has 0 aliphatic carbocycles. The summed E-state index contributed by atoms with van der Waals surface area (Å²) < 4.78 is 0. The zero-order chi connectivity index (χ0) is 15.4. The molecule has 0 unspecified atom stereocenters. The van der Waals surface area contributed by atoms with Crippen molar-refractivity contribution >= 4 is 35.3 Å². The van der Waals surface area contributed by atoms with Gasteiger partial charge < -0.3 is 10.2 Å². The van der Waals surface area contributed by atoms with E-state index >= 15 is 0 Å². The number of phenolic OH excluding ortho intramolecular Hbond substituents is 2. The van der Waals surface area contributed by atoms with Crippen molar-refractivity contribution in [3.63, 3.8) is 0 Å².